The van der Waals surface area contributed by atoms with Crippen molar-refractivity contribution >= 4 is 35.0 Å². The number of benzene rings is 2. The van der Waals surface area contributed by atoms with Crippen molar-refractivity contribution in [3.63, 3.8) is 0 Å². The van der Waals surface area contributed by atoms with Crippen LogP contribution in [0.25, 0.3) is 5.69 Å². The number of alkyl halides is 3. The number of thioether (sulfide) groups is 1. The third kappa shape index (κ3) is 6.08. The van der Waals surface area contributed by atoms with Gasteiger partial charge >= 0.3 is 6.18 Å². The van der Waals surface area contributed by atoms with Crippen molar-refractivity contribution in [3.05, 3.63) is 87.2 Å². The van der Waals surface area contributed by atoms with E-state index in [0.29, 0.717) is 33.7 Å². The molecule has 192 valence electrons. The van der Waals surface area contributed by atoms with E-state index in [1.165, 1.54) is 16.4 Å². The number of rotatable bonds is 6. The molecule has 0 spiro atoms. The van der Waals surface area contributed by atoms with E-state index in [1.807, 2.05) is 26.8 Å². The Kier molecular flexibility index (Phi) is 7.51. The molecule has 0 aliphatic rings. The van der Waals surface area contributed by atoms with E-state index in [9.17, 15) is 22.4 Å². The Bertz CT molecular complexity index is 1470. The molecule has 0 atom stereocenters. The van der Waals surface area contributed by atoms with E-state index in [1.54, 1.807) is 18.2 Å². The quantitative estimate of drug-likeness (QED) is 0.171. The maximum absolute atomic E-state index is 13.7. The van der Waals surface area contributed by atoms with Crippen LogP contribution in [0, 0.1) is 26.6 Å². The average Bonchev–Trinajstić information content (AvgIpc) is 3.23. The Morgan fingerprint density at radius 2 is 1.76 bits per heavy atom. The lowest BCUT2D eigenvalue weighted by molar-refractivity contribution is -0.139. The van der Waals surface area contributed by atoms with Crippen LogP contribution < -0.4 is 5.32 Å². The third-order valence-electron chi connectivity index (χ3n) is 5.21. The predicted molar refractivity (Wildman–Crippen MR) is 132 cm³/mol. The fraction of sp³-hybridized carbons (Fsp3) is 0.208. The van der Waals surface area contributed by atoms with Crippen LogP contribution in [-0.4, -0.2) is 30.9 Å². The molecule has 2 heterocycles. The first-order valence-electron chi connectivity index (χ1n) is 10.8. The van der Waals surface area contributed by atoms with Gasteiger partial charge in [-0.3, -0.25) is 4.79 Å². The zero-order chi connectivity index (χ0) is 26.9. The second-order valence-electron chi connectivity index (χ2n) is 8.10. The molecular weight excluding hydrogens is 532 g/mol. The molecular formula is C24H19ClF4N6OS. The number of carbonyl (C=O) groups excluding carboxylic acids is 1. The number of hydrogen-bond acceptors (Lipinski definition) is 6. The molecule has 13 heteroatoms. The van der Waals surface area contributed by atoms with Crippen molar-refractivity contribution in [2.24, 2.45) is 0 Å². The van der Waals surface area contributed by atoms with Gasteiger partial charge in [-0.1, -0.05) is 34.6 Å². The Labute approximate surface area is 218 Å². The minimum atomic E-state index is -4.92. The van der Waals surface area contributed by atoms with Crippen LogP contribution in [0.1, 0.15) is 38.7 Å². The van der Waals surface area contributed by atoms with Crippen molar-refractivity contribution in [3.8, 4) is 5.69 Å². The highest BCUT2D eigenvalue weighted by molar-refractivity contribution is 7.98. The molecule has 4 rings (SSSR count). The van der Waals surface area contributed by atoms with Gasteiger partial charge in [0.05, 0.1) is 16.9 Å². The van der Waals surface area contributed by atoms with E-state index >= 15 is 0 Å². The minimum absolute atomic E-state index is 0.133. The van der Waals surface area contributed by atoms with Gasteiger partial charge in [0.15, 0.2) is 10.9 Å². The van der Waals surface area contributed by atoms with Gasteiger partial charge in [-0.05, 0) is 62.7 Å². The van der Waals surface area contributed by atoms with Crippen LogP contribution in [0.4, 0.5) is 23.2 Å². The summed E-state index contributed by atoms with van der Waals surface area (Å²) >= 11 is 7.51. The summed E-state index contributed by atoms with van der Waals surface area (Å²) in [6, 6.07) is 9.19. The summed E-state index contributed by atoms with van der Waals surface area (Å²) in [6.45, 7) is 5.49. The summed E-state index contributed by atoms with van der Waals surface area (Å²) in [5.41, 5.74) is 1.35. The van der Waals surface area contributed by atoms with Gasteiger partial charge < -0.3 is 5.32 Å². The van der Waals surface area contributed by atoms with Gasteiger partial charge in [-0.2, -0.15) is 13.2 Å². The van der Waals surface area contributed by atoms with Gasteiger partial charge in [0.25, 0.3) is 5.91 Å². The lowest BCUT2D eigenvalue weighted by Gasteiger charge is -2.12. The van der Waals surface area contributed by atoms with Crippen molar-refractivity contribution in [1.82, 2.24) is 25.0 Å². The summed E-state index contributed by atoms with van der Waals surface area (Å²) in [5.74, 6) is -2.11. The maximum atomic E-state index is 13.7. The topological polar surface area (TPSA) is 85.6 Å². The summed E-state index contributed by atoms with van der Waals surface area (Å²) in [6.07, 6.45) is -4.92. The van der Waals surface area contributed by atoms with Gasteiger partial charge in [0.2, 0.25) is 0 Å². The highest BCUT2D eigenvalue weighted by Gasteiger charge is 2.34. The van der Waals surface area contributed by atoms with E-state index in [4.69, 9.17) is 11.6 Å². The van der Waals surface area contributed by atoms with Gasteiger partial charge in [-0.25, -0.2) is 19.0 Å². The number of hydrogen-bond donors (Lipinski definition) is 1. The lowest BCUT2D eigenvalue weighted by atomic mass is 10.1. The van der Waals surface area contributed by atoms with E-state index in [2.05, 4.69) is 25.6 Å². The summed E-state index contributed by atoms with van der Waals surface area (Å²) in [7, 11) is 0. The Morgan fingerprint density at radius 1 is 1.05 bits per heavy atom. The molecule has 2 aromatic carbocycles. The second kappa shape index (κ2) is 10.5. The molecule has 7 nitrogen and oxygen atoms in total. The zero-order valence-electron chi connectivity index (χ0n) is 19.7. The van der Waals surface area contributed by atoms with Crippen molar-refractivity contribution in [2.75, 3.05) is 5.32 Å². The number of aromatic nitrogens is 5. The molecule has 0 bridgehead atoms. The number of aryl methyl sites for hydroxylation is 3. The van der Waals surface area contributed by atoms with Crippen LogP contribution in [0.5, 0.6) is 0 Å². The molecule has 37 heavy (non-hydrogen) atoms. The van der Waals surface area contributed by atoms with Crippen LogP contribution in [0.2, 0.25) is 5.02 Å². The Balaban J connectivity index is 1.70. The largest absolute Gasteiger partial charge is 0.419 e. The van der Waals surface area contributed by atoms with Gasteiger partial charge in [-0.15, -0.1) is 5.10 Å². The Morgan fingerprint density at radius 3 is 2.41 bits per heavy atom. The zero-order valence-corrected chi connectivity index (χ0v) is 21.3. The van der Waals surface area contributed by atoms with Crippen LogP contribution in [-0.2, 0) is 11.9 Å². The first-order chi connectivity index (χ1) is 17.4. The fourth-order valence-corrected chi connectivity index (χ4v) is 4.55. The maximum Gasteiger partial charge on any atom is 0.419 e. The summed E-state index contributed by atoms with van der Waals surface area (Å²) in [5, 5.41) is 11.4. The number of halogens is 5. The molecule has 0 aliphatic heterocycles. The number of carbonyl (C=O) groups is 1. The van der Waals surface area contributed by atoms with Crippen molar-refractivity contribution < 1.29 is 22.4 Å². The van der Waals surface area contributed by atoms with Crippen LogP contribution in [0.15, 0.2) is 47.6 Å². The van der Waals surface area contributed by atoms with Crippen LogP contribution >= 0.6 is 23.4 Å². The SMILES string of the molecule is Cc1cc(C)nc(SCc2c(C(=O)Nc3ccc(F)c(C(F)(F)F)c3)nnn2-c2ccc(C)c(Cl)c2)n1. The minimum Gasteiger partial charge on any atom is -0.321 e. The van der Waals surface area contributed by atoms with Crippen molar-refractivity contribution in [2.45, 2.75) is 37.9 Å². The fourth-order valence-electron chi connectivity index (χ4n) is 3.43. The van der Waals surface area contributed by atoms with Gasteiger partial charge in [0.1, 0.15) is 5.82 Å². The summed E-state index contributed by atoms with van der Waals surface area (Å²) in [4.78, 5) is 21.9. The monoisotopic (exact) mass is 550 g/mol. The van der Waals surface area contributed by atoms with E-state index in [-0.39, 0.29) is 17.1 Å². The molecule has 1 N–H and O–H groups in total. The molecule has 0 unspecified atom stereocenters. The molecule has 0 radical (unpaired) electrons. The average molecular weight is 551 g/mol. The van der Waals surface area contributed by atoms with E-state index in [0.717, 1.165) is 23.0 Å². The smallest absolute Gasteiger partial charge is 0.321 e. The summed E-state index contributed by atoms with van der Waals surface area (Å²) < 4.78 is 54.5. The third-order valence-corrected chi connectivity index (χ3v) is 6.47. The normalized spacial score (nSPS) is 11.6. The first-order valence-corrected chi connectivity index (χ1v) is 12.1. The highest BCUT2D eigenvalue weighted by Crippen LogP contribution is 2.33. The number of nitrogens with zero attached hydrogens (tertiary/aromatic N) is 5. The predicted octanol–water partition coefficient (Wildman–Crippen LogP) is 6.34. The Hall–Kier alpha value is -3.51. The molecule has 2 aromatic heterocycles. The first kappa shape index (κ1) is 26.6. The standard InChI is InChI=1S/C24H19ClF4N6OS/c1-12-4-6-16(10-18(12)25)35-20(11-37-23-30-13(2)8-14(3)31-23)21(33-34-35)22(36)32-15-5-7-19(26)17(9-15)24(27,28)29/h4-10H,11H2,1-3H3,(H,32,36). The van der Waals surface area contributed by atoms with Gasteiger partial charge in [0, 0.05) is 27.9 Å². The highest BCUT2D eigenvalue weighted by atomic mass is 35.5. The lowest BCUT2D eigenvalue weighted by Crippen LogP contribution is -2.16. The number of nitrogens with one attached hydrogen (secondary N) is 1. The number of anilines is 1. The molecule has 4 aromatic rings. The molecule has 0 saturated carbocycles. The molecule has 0 aliphatic carbocycles. The van der Waals surface area contributed by atoms with Crippen LogP contribution in [0.3, 0.4) is 0 Å². The van der Waals surface area contributed by atoms with E-state index < -0.39 is 23.5 Å². The molecule has 1 amide bonds. The molecule has 0 fully saturated rings. The molecule has 0 saturated heterocycles. The second-order valence-corrected chi connectivity index (χ2v) is 9.45. The van der Waals surface area contributed by atoms with Crippen molar-refractivity contribution in [1.29, 1.82) is 0 Å². The number of amides is 1.